The van der Waals surface area contributed by atoms with Crippen LogP contribution in [0.25, 0.3) is 11.4 Å². The summed E-state index contributed by atoms with van der Waals surface area (Å²) < 4.78 is 0. The van der Waals surface area contributed by atoms with Crippen LogP contribution in [0.2, 0.25) is 0 Å². The Balaban J connectivity index is 1.50. The van der Waals surface area contributed by atoms with E-state index in [1.165, 1.54) is 17.3 Å². The highest BCUT2D eigenvalue weighted by molar-refractivity contribution is 7.99. The Morgan fingerprint density at radius 1 is 1.12 bits per heavy atom. The van der Waals surface area contributed by atoms with Crippen LogP contribution in [0.15, 0.2) is 59.8 Å². The number of rotatable bonds is 6. The predicted molar refractivity (Wildman–Crippen MR) is 95.6 cm³/mol. The van der Waals surface area contributed by atoms with Crippen molar-refractivity contribution in [1.82, 2.24) is 20.5 Å². The molecule has 0 unspecified atom stereocenters. The van der Waals surface area contributed by atoms with Crippen LogP contribution in [0.1, 0.15) is 11.1 Å². The molecule has 0 radical (unpaired) electrons. The fourth-order valence-corrected chi connectivity index (χ4v) is 2.76. The van der Waals surface area contributed by atoms with Gasteiger partial charge in [-0.25, -0.2) is 4.98 Å². The van der Waals surface area contributed by atoms with E-state index in [9.17, 15) is 4.79 Å². The highest BCUT2D eigenvalue weighted by Gasteiger charge is 2.09. The third-order valence-corrected chi connectivity index (χ3v) is 4.30. The second-order valence-corrected chi connectivity index (χ2v) is 6.33. The Labute approximate surface area is 144 Å². The van der Waals surface area contributed by atoms with Crippen molar-refractivity contribution in [3.8, 4) is 11.4 Å². The second-order valence-electron chi connectivity index (χ2n) is 5.38. The van der Waals surface area contributed by atoms with Gasteiger partial charge in [0, 0.05) is 12.1 Å². The minimum absolute atomic E-state index is 0.0365. The molecule has 3 rings (SSSR count). The molecule has 1 aromatic heterocycles. The molecule has 0 aliphatic heterocycles. The Hall–Kier alpha value is -2.60. The second kappa shape index (κ2) is 7.79. The molecule has 0 saturated carbocycles. The van der Waals surface area contributed by atoms with Crippen LogP contribution in [-0.4, -0.2) is 26.8 Å². The maximum atomic E-state index is 11.9. The van der Waals surface area contributed by atoms with Crippen LogP contribution in [0.3, 0.4) is 0 Å². The van der Waals surface area contributed by atoms with Crippen molar-refractivity contribution in [2.75, 3.05) is 5.75 Å². The molecule has 0 atom stereocenters. The fraction of sp³-hybridized carbons (Fsp3) is 0.167. The number of aryl methyl sites for hydroxylation is 1. The van der Waals surface area contributed by atoms with Crippen molar-refractivity contribution < 1.29 is 4.79 Å². The number of carbonyl (C=O) groups excluding carboxylic acids is 1. The van der Waals surface area contributed by atoms with Gasteiger partial charge in [0.2, 0.25) is 11.1 Å². The summed E-state index contributed by atoms with van der Waals surface area (Å²) >= 11 is 1.32. The summed E-state index contributed by atoms with van der Waals surface area (Å²) in [5, 5.41) is 10.5. The first-order valence-corrected chi connectivity index (χ1v) is 8.62. The Bertz CT molecular complexity index is 799. The molecule has 0 fully saturated rings. The molecule has 3 aromatic rings. The third kappa shape index (κ3) is 4.45. The van der Waals surface area contributed by atoms with Gasteiger partial charge in [0.05, 0.1) is 5.75 Å². The lowest BCUT2D eigenvalue weighted by Gasteiger charge is -2.03. The van der Waals surface area contributed by atoms with Crippen LogP contribution in [-0.2, 0) is 11.3 Å². The van der Waals surface area contributed by atoms with Crippen molar-refractivity contribution in [2.24, 2.45) is 0 Å². The van der Waals surface area contributed by atoms with Crippen LogP contribution in [0.5, 0.6) is 0 Å². The van der Waals surface area contributed by atoms with Crippen LogP contribution in [0.4, 0.5) is 0 Å². The van der Waals surface area contributed by atoms with Crippen LogP contribution < -0.4 is 5.32 Å². The number of carbonyl (C=O) groups is 1. The van der Waals surface area contributed by atoms with E-state index in [0.717, 1.165) is 11.1 Å². The Kier molecular flexibility index (Phi) is 5.28. The number of nitrogens with zero attached hydrogens (tertiary/aromatic N) is 2. The summed E-state index contributed by atoms with van der Waals surface area (Å²) in [7, 11) is 0. The zero-order chi connectivity index (χ0) is 16.8. The maximum absolute atomic E-state index is 11.9. The topological polar surface area (TPSA) is 70.7 Å². The van der Waals surface area contributed by atoms with Gasteiger partial charge in [0.25, 0.3) is 0 Å². The molecule has 6 heteroatoms. The van der Waals surface area contributed by atoms with E-state index < -0.39 is 0 Å². The lowest BCUT2D eigenvalue weighted by Crippen LogP contribution is -2.24. The van der Waals surface area contributed by atoms with Crippen molar-refractivity contribution in [3.63, 3.8) is 0 Å². The number of amides is 1. The fourth-order valence-electron chi connectivity index (χ4n) is 2.13. The van der Waals surface area contributed by atoms with Gasteiger partial charge in [-0.15, -0.1) is 5.10 Å². The van der Waals surface area contributed by atoms with Crippen molar-refractivity contribution in [1.29, 1.82) is 0 Å². The highest BCUT2D eigenvalue weighted by atomic mass is 32.2. The van der Waals surface area contributed by atoms with Gasteiger partial charge in [-0.2, -0.15) is 0 Å². The quantitative estimate of drug-likeness (QED) is 0.677. The Morgan fingerprint density at radius 2 is 1.88 bits per heavy atom. The maximum Gasteiger partial charge on any atom is 0.230 e. The van der Waals surface area contributed by atoms with Gasteiger partial charge >= 0.3 is 0 Å². The first kappa shape index (κ1) is 16.3. The first-order valence-electron chi connectivity index (χ1n) is 7.63. The number of thioether (sulfide) groups is 1. The van der Waals surface area contributed by atoms with E-state index in [2.05, 4.69) is 20.5 Å². The number of hydrogen-bond donors (Lipinski definition) is 2. The van der Waals surface area contributed by atoms with Crippen molar-refractivity contribution >= 4 is 17.7 Å². The third-order valence-electron chi connectivity index (χ3n) is 3.45. The predicted octanol–water partition coefficient (Wildman–Crippen LogP) is 3.19. The molecule has 0 aliphatic carbocycles. The molecular weight excluding hydrogens is 320 g/mol. The van der Waals surface area contributed by atoms with Crippen LogP contribution >= 0.6 is 11.8 Å². The highest BCUT2D eigenvalue weighted by Crippen LogP contribution is 2.19. The summed E-state index contributed by atoms with van der Waals surface area (Å²) in [6.45, 7) is 2.57. The van der Waals surface area contributed by atoms with E-state index in [1.807, 2.05) is 61.5 Å². The normalized spacial score (nSPS) is 10.5. The number of benzene rings is 2. The van der Waals surface area contributed by atoms with E-state index >= 15 is 0 Å². The summed E-state index contributed by atoms with van der Waals surface area (Å²) in [4.78, 5) is 16.3. The minimum atomic E-state index is -0.0365. The number of aromatic nitrogens is 3. The van der Waals surface area contributed by atoms with Gasteiger partial charge in [0.1, 0.15) is 0 Å². The monoisotopic (exact) mass is 338 g/mol. The summed E-state index contributed by atoms with van der Waals surface area (Å²) in [5.41, 5.74) is 3.26. The lowest BCUT2D eigenvalue weighted by molar-refractivity contribution is -0.118. The van der Waals surface area contributed by atoms with Gasteiger partial charge in [-0.1, -0.05) is 71.9 Å². The average molecular weight is 338 g/mol. The van der Waals surface area contributed by atoms with E-state index in [-0.39, 0.29) is 11.7 Å². The van der Waals surface area contributed by atoms with Crippen molar-refractivity contribution in [2.45, 2.75) is 18.6 Å². The molecule has 0 saturated heterocycles. The molecule has 0 spiro atoms. The van der Waals surface area contributed by atoms with Crippen LogP contribution in [0, 0.1) is 6.92 Å². The molecular formula is C18H18N4OS. The first-order chi connectivity index (χ1) is 11.7. The van der Waals surface area contributed by atoms with E-state index in [4.69, 9.17) is 0 Å². The molecule has 1 heterocycles. The standard InChI is InChI=1S/C18H18N4OS/c1-13-7-9-15(10-8-13)17-20-18(22-21-17)24-12-16(23)19-11-14-5-3-2-4-6-14/h2-10H,11-12H2,1H3,(H,19,23)(H,20,21,22). The smallest absolute Gasteiger partial charge is 0.230 e. The largest absolute Gasteiger partial charge is 0.351 e. The zero-order valence-corrected chi connectivity index (χ0v) is 14.1. The van der Waals surface area contributed by atoms with Gasteiger partial charge < -0.3 is 5.32 Å². The molecule has 1 amide bonds. The van der Waals surface area contributed by atoms with Gasteiger partial charge in [0.15, 0.2) is 5.82 Å². The lowest BCUT2D eigenvalue weighted by atomic mass is 10.1. The number of H-pyrrole nitrogens is 1. The number of nitrogens with one attached hydrogen (secondary N) is 2. The molecule has 5 nitrogen and oxygen atoms in total. The summed E-state index contributed by atoms with van der Waals surface area (Å²) in [6, 6.07) is 17.9. The molecule has 0 aliphatic rings. The molecule has 2 aromatic carbocycles. The van der Waals surface area contributed by atoms with Crippen molar-refractivity contribution in [3.05, 3.63) is 65.7 Å². The van der Waals surface area contributed by atoms with Gasteiger partial charge in [-0.05, 0) is 12.5 Å². The van der Waals surface area contributed by atoms with E-state index in [0.29, 0.717) is 17.5 Å². The minimum Gasteiger partial charge on any atom is -0.351 e. The molecule has 24 heavy (non-hydrogen) atoms. The number of aromatic amines is 1. The Morgan fingerprint density at radius 3 is 2.62 bits per heavy atom. The number of hydrogen-bond acceptors (Lipinski definition) is 4. The van der Waals surface area contributed by atoms with Gasteiger partial charge in [-0.3, -0.25) is 9.89 Å². The summed E-state index contributed by atoms with van der Waals surface area (Å²) in [5.74, 6) is 0.964. The SMILES string of the molecule is Cc1ccc(-c2nc(SCC(=O)NCc3ccccc3)n[nH]2)cc1. The molecule has 0 bridgehead atoms. The average Bonchev–Trinajstić information content (AvgIpc) is 3.09. The summed E-state index contributed by atoms with van der Waals surface area (Å²) in [6.07, 6.45) is 0. The molecule has 122 valence electrons. The zero-order valence-electron chi connectivity index (χ0n) is 13.3. The molecule has 2 N–H and O–H groups in total. The van der Waals surface area contributed by atoms with E-state index in [1.54, 1.807) is 0 Å².